The third-order valence-corrected chi connectivity index (χ3v) is 4.90. The summed E-state index contributed by atoms with van der Waals surface area (Å²) in [5.41, 5.74) is 1.79. The van der Waals surface area contributed by atoms with Gasteiger partial charge in [-0.2, -0.15) is 0 Å². The first kappa shape index (κ1) is 14.6. The highest BCUT2D eigenvalue weighted by Crippen LogP contribution is 2.25. The summed E-state index contributed by atoms with van der Waals surface area (Å²) in [7, 11) is 2.06. The van der Waals surface area contributed by atoms with E-state index in [9.17, 15) is 4.39 Å². The summed E-state index contributed by atoms with van der Waals surface area (Å²) in [5.74, 6) is -0.216. The first-order valence-electron chi connectivity index (χ1n) is 6.58. The van der Waals surface area contributed by atoms with Crippen molar-refractivity contribution in [3.63, 3.8) is 0 Å². The molecule has 3 aromatic rings. The zero-order valence-electron chi connectivity index (χ0n) is 11.5. The Hall–Kier alpha value is -1.30. The number of pyridine rings is 1. The van der Waals surface area contributed by atoms with Gasteiger partial charge in [-0.3, -0.25) is 9.88 Å². The minimum absolute atomic E-state index is 0.216. The summed E-state index contributed by atoms with van der Waals surface area (Å²) in [6.07, 6.45) is 1.71. The molecule has 0 unspecified atom stereocenters. The number of rotatable bonds is 4. The van der Waals surface area contributed by atoms with Gasteiger partial charge in [0, 0.05) is 29.5 Å². The Morgan fingerprint density at radius 1 is 1.19 bits per heavy atom. The van der Waals surface area contributed by atoms with Crippen molar-refractivity contribution in [1.29, 1.82) is 0 Å². The second kappa shape index (κ2) is 6.22. The van der Waals surface area contributed by atoms with Gasteiger partial charge in [-0.15, -0.1) is 11.3 Å². The van der Waals surface area contributed by atoms with Crippen LogP contribution in [0.4, 0.5) is 4.39 Å². The minimum atomic E-state index is -0.216. The summed E-state index contributed by atoms with van der Waals surface area (Å²) in [4.78, 5) is 7.84. The zero-order chi connectivity index (χ0) is 14.8. The molecule has 0 bridgehead atoms. The van der Waals surface area contributed by atoms with Crippen molar-refractivity contribution in [2.24, 2.45) is 0 Å². The van der Waals surface area contributed by atoms with E-state index in [4.69, 9.17) is 0 Å². The number of benzene rings is 1. The van der Waals surface area contributed by atoms with Crippen LogP contribution in [0, 0.1) is 5.82 Å². The smallest absolute Gasteiger partial charge is 0.132 e. The van der Waals surface area contributed by atoms with E-state index in [1.54, 1.807) is 29.7 Å². The normalized spacial score (nSPS) is 11.4. The molecule has 0 saturated heterocycles. The summed E-state index contributed by atoms with van der Waals surface area (Å²) in [6, 6.07) is 11.1. The lowest BCUT2D eigenvalue weighted by atomic mass is 10.1. The van der Waals surface area contributed by atoms with Crippen molar-refractivity contribution in [1.82, 2.24) is 9.88 Å². The molecule has 5 heteroatoms. The van der Waals surface area contributed by atoms with Crippen LogP contribution in [-0.2, 0) is 13.1 Å². The molecule has 21 heavy (non-hydrogen) atoms. The lowest BCUT2D eigenvalue weighted by molar-refractivity contribution is 0.323. The highest BCUT2D eigenvalue weighted by molar-refractivity contribution is 9.11. The van der Waals surface area contributed by atoms with Gasteiger partial charge in [0.05, 0.1) is 9.30 Å². The van der Waals surface area contributed by atoms with Gasteiger partial charge in [0.1, 0.15) is 5.82 Å². The number of fused-ring (bicyclic) bond motifs is 1. The fourth-order valence-electron chi connectivity index (χ4n) is 2.37. The first-order chi connectivity index (χ1) is 10.1. The second-order valence-electron chi connectivity index (χ2n) is 4.98. The van der Waals surface area contributed by atoms with Crippen molar-refractivity contribution in [2.45, 2.75) is 13.1 Å². The Labute approximate surface area is 135 Å². The molecule has 0 fully saturated rings. The maximum absolute atomic E-state index is 13.8. The number of halogens is 2. The minimum Gasteiger partial charge on any atom is -0.297 e. The van der Waals surface area contributed by atoms with Crippen LogP contribution < -0.4 is 0 Å². The molecule has 0 saturated carbocycles. The van der Waals surface area contributed by atoms with Gasteiger partial charge < -0.3 is 0 Å². The molecule has 0 spiro atoms. The Morgan fingerprint density at radius 2 is 2.05 bits per heavy atom. The van der Waals surface area contributed by atoms with Crippen LogP contribution in [0.2, 0.25) is 0 Å². The van der Waals surface area contributed by atoms with Gasteiger partial charge in [-0.05, 0) is 58.9 Å². The molecule has 2 heterocycles. The highest BCUT2D eigenvalue weighted by atomic mass is 79.9. The molecule has 0 radical (unpaired) electrons. The molecule has 0 aliphatic heterocycles. The fourth-order valence-corrected chi connectivity index (χ4v) is 3.94. The van der Waals surface area contributed by atoms with Crippen LogP contribution in [0.5, 0.6) is 0 Å². The van der Waals surface area contributed by atoms with Crippen LogP contribution in [0.1, 0.15) is 10.4 Å². The molecule has 0 atom stereocenters. The fraction of sp³-hybridized carbons (Fsp3) is 0.188. The maximum atomic E-state index is 13.8. The molecule has 0 N–H and O–H groups in total. The average molecular weight is 365 g/mol. The molecular formula is C16H14BrFN2S. The van der Waals surface area contributed by atoms with Crippen LogP contribution in [0.3, 0.4) is 0 Å². The summed E-state index contributed by atoms with van der Waals surface area (Å²) in [6.45, 7) is 1.60. The largest absolute Gasteiger partial charge is 0.297 e. The van der Waals surface area contributed by atoms with Crippen LogP contribution >= 0.6 is 27.3 Å². The van der Waals surface area contributed by atoms with Crippen molar-refractivity contribution >= 4 is 38.2 Å². The van der Waals surface area contributed by atoms with Gasteiger partial charge in [0.25, 0.3) is 0 Å². The molecule has 0 aliphatic carbocycles. The first-order valence-corrected chi connectivity index (χ1v) is 8.19. The van der Waals surface area contributed by atoms with Crippen molar-refractivity contribution in [3.05, 3.63) is 62.6 Å². The third kappa shape index (κ3) is 3.31. The Kier molecular flexibility index (Phi) is 4.33. The van der Waals surface area contributed by atoms with Crippen molar-refractivity contribution in [3.8, 4) is 0 Å². The molecule has 2 nitrogen and oxygen atoms in total. The van der Waals surface area contributed by atoms with E-state index in [1.165, 1.54) is 10.9 Å². The standard InChI is InChI=1S/C16H14BrFN2S/c1-20(10-12-5-7-15(17)21-12)9-11-4-6-14(18)13-3-2-8-19-16(11)13/h2-8H,9-10H2,1H3. The highest BCUT2D eigenvalue weighted by Gasteiger charge is 2.10. The monoisotopic (exact) mass is 364 g/mol. The molecule has 0 aliphatic rings. The van der Waals surface area contributed by atoms with Gasteiger partial charge in [0.2, 0.25) is 0 Å². The molecule has 1 aromatic carbocycles. The number of thiophene rings is 1. The number of nitrogens with zero attached hydrogens (tertiary/aromatic N) is 2. The van der Waals surface area contributed by atoms with E-state index in [0.29, 0.717) is 5.39 Å². The summed E-state index contributed by atoms with van der Waals surface area (Å²) < 4.78 is 14.9. The van der Waals surface area contributed by atoms with Gasteiger partial charge >= 0.3 is 0 Å². The van der Waals surface area contributed by atoms with Gasteiger partial charge in [0.15, 0.2) is 0 Å². The Balaban J connectivity index is 1.83. The van der Waals surface area contributed by atoms with Crippen LogP contribution in [0.15, 0.2) is 46.4 Å². The number of hydrogen-bond acceptors (Lipinski definition) is 3. The van der Waals surface area contributed by atoms with Crippen molar-refractivity contribution in [2.75, 3.05) is 7.05 Å². The summed E-state index contributed by atoms with van der Waals surface area (Å²) >= 11 is 5.21. The molecule has 108 valence electrons. The predicted molar refractivity (Wildman–Crippen MR) is 88.9 cm³/mol. The number of hydrogen-bond donors (Lipinski definition) is 0. The quantitative estimate of drug-likeness (QED) is 0.658. The van der Waals surface area contributed by atoms with E-state index in [0.717, 1.165) is 28.0 Å². The molecule has 0 amide bonds. The van der Waals surface area contributed by atoms with E-state index in [2.05, 4.69) is 45.0 Å². The van der Waals surface area contributed by atoms with E-state index in [1.807, 2.05) is 6.07 Å². The lowest BCUT2D eigenvalue weighted by Crippen LogP contribution is -2.17. The Bertz CT molecular complexity index is 772. The summed E-state index contributed by atoms with van der Waals surface area (Å²) in [5, 5.41) is 0.585. The average Bonchev–Trinajstić information content (AvgIpc) is 2.87. The van der Waals surface area contributed by atoms with Gasteiger partial charge in [-0.1, -0.05) is 6.07 Å². The van der Waals surface area contributed by atoms with E-state index in [-0.39, 0.29) is 5.82 Å². The van der Waals surface area contributed by atoms with Crippen molar-refractivity contribution < 1.29 is 4.39 Å². The van der Waals surface area contributed by atoms with Gasteiger partial charge in [-0.25, -0.2) is 4.39 Å². The Morgan fingerprint density at radius 3 is 2.81 bits per heavy atom. The van der Waals surface area contributed by atoms with Crippen LogP contribution in [0.25, 0.3) is 10.9 Å². The topological polar surface area (TPSA) is 16.1 Å². The SMILES string of the molecule is CN(Cc1ccc(Br)s1)Cc1ccc(F)c2cccnc12. The number of aromatic nitrogens is 1. The third-order valence-electron chi connectivity index (χ3n) is 3.29. The van der Waals surface area contributed by atoms with Crippen LogP contribution in [-0.4, -0.2) is 16.9 Å². The van der Waals surface area contributed by atoms with E-state index < -0.39 is 0 Å². The molecule has 2 aromatic heterocycles. The second-order valence-corrected chi connectivity index (χ2v) is 7.53. The molecule has 3 rings (SSSR count). The van der Waals surface area contributed by atoms with E-state index >= 15 is 0 Å². The maximum Gasteiger partial charge on any atom is 0.132 e. The zero-order valence-corrected chi connectivity index (χ0v) is 13.9. The predicted octanol–water partition coefficient (Wildman–Crippen LogP) is 4.83. The molecular weight excluding hydrogens is 351 g/mol. The lowest BCUT2D eigenvalue weighted by Gasteiger charge is -2.16.